The van der Waals surface area contributed by atoms with Gasteiger partial charge in [0.1, 0.15) is 0 Å². The Morgan fingerprint density at radius 3 is 2.89 bits per heavy atom. The van der Waals surface area contributed by atoms with Crippen molar-refractivity contribution in [3.05, 3.63) is 52.8 Å². The number of furan rings is 1. The van der Waals surface area contributed by atoms with Crippen LogP contribution in [0.2, 0.25) is 0 Å². The monoisotopic (exact) mass is 387 g/mol. The molecule has 2 heterocycles. The van der Waals surface area contributed by atoms with Crippen LogP contribution in [0.5, 0.6) is 0 Å². The predicted molar refractivity (Wildman–Crippen MR) is 100 cm³/mol. The largest absolute Gasteiger partial charge is 0.461 e. The minimum atomic E-state index is -0.506. The van der Waals surface area contributed by atoms with E-state index in [1.165, 1.54) is 30.0 Å². The van der Waals surface area contributed by atoms with E-state index < -0.39 is 4.92 Å². The number of nitrogens with zero attached hydrogens (tertiary/aromatic N) is 4. The van der Waals surface area contributed by atoms with Crippen LogP contribution < -0.4 is 5.32 Å². The second-order valence-electron chi connectivity index (χ2n) is 5.58. The number of carbonyl (C=O) groups excluding carboxylic acids is 1. The smallest absolute Gasteiger partial charge is 0.271 e. The van der Waals surface area contributed by atoms with Crippen LogP contribution in [0.4, 0.5) is 11.4 Å². The fraction of sp³-hybridized carbons (Fsp3) is 0.235. The van der Waals surface area contributed by atoms with Gasteiger partial charge < -0.3 is 9.73 Å². The molecule has 0 spiro atoms. The highest BCUT2D eigenvalue weighted by molar-refractivity contribution is 7.99. The van der Waals surface area contributed by atoms with Crippen LogP contribution in [0, 0.1) is 10.1 Å². The normalized spacial score (nSPS) is 10.7. The van der Waals surface area contributed by atoms with Gasteiger partial charge in [0.2, 0.25) is 5.91 Å². The van der Waals surface area contributed by atoms with E-state index in [1.807, 2.05) is 11.5 Å². The highest BCUT2D eigenvalue weighted by Gasteiger charge is 2.17. The third-order valence-electron chi connectivity index (χ3n) is 3.58. The fourth-order valence-electron chi connectivity index (χ4n) is 2.43. The Morgan fingerprint density at radius 2 is 2.19 bits per heavy atom. The maximum absolute atomic E-state index is 12.2. The summed E-state index contributed by atoms with van der Waals surface area (Å²) in [6.07, 6.45) is 2.44. The Bertz CT molecular complexity index is 939. The molecule has 0 aliphatic heterocycles. The molecular weight excluding hydrogens is 370 g/mol. The maximum Gasteiger partial charge on any atom is 0.271 e. The second-order valence-corrected chi connectivity index (χ2v) is 6.52. The van der Waals surface area contributed by atoms with Crippen LogP contribution in [0.15, 0.2) is 52.2 Å². The Kier molecular flexibility index (Phi) is 5.87. The summed E-state index contributed by atoms with van der Waals surface area (Å²) in [7, 11) is 0. The van der Waals surface area contributed by atoms with Crippen molar-refractivity contribution in [1.82, 2.24) is 14.8 Å². The third-order valence-corrected chi connectivity index (χ3v) is 4.55. The van der Waals surface area contributed by atoms with E-state index in [4.69, 9.17) is 4.42 Å². The minimum Gasteiger partial charge on any atom is -0.461 e. The zero-order valence-electron chi connectivity index (χ0n) is 14.5. The molecule has 10 heteroatoms. The van der Waals surface area contributed by atoms with Crippen LogP contribution in [-0.4, -0.2) is 31.3 Å². The standard InChI is InChI=1S/C17H17N5O4S/c1-2-8-21-16(14-7-4-9-26-14)19-20-17(21)27-11-15(23)18-12-5-3-6-13(10-12)22(24)25/h3-7,9-10H,2,8,11H2,1H3,(H,18,23). The van der Waals surface area contributed by atoms with Gasteiger partial charge in [-0.3, -0.25) is 19.5 Å². The molecule has 0 bridgehead atoms. The van der Waals surface area contributed by atoms with Crippen molar-refractivity contribution in [3.8, 4) is 11.6 Å². The fourth-order valence-corrected chi connectivity index (χ4v) is 3.20. The Morgan fingerprint density at radius 1 is 1.33 bits per heavy atom. The van der Waals surface area contributed by atoms with Crippen molar-refractivity contribution in [2.45, 2.75) is 25.0 Å². The van der Waals surface area contributed by atoms with Crippen LogP contribution in [-0.2, 0) is 11.3 Å². The molecular formula is C17H17N5O4S. The number of nitrogens with one attached hydrogen (secondary N) is 1. The van der Waals surface area contributed by atoms with Gasteiger partial charge in [-0.25, -0.2) is 0 Å². The molecule has 0 aliphatic rings. The number of nitro benzene ring substituents is 1. The molecule has 140 valence electrons. The van der Waals surface area contributed by atoms with Gasteiger partial charge in [-0.2, -0.15) is 0 Å². The molecule has 0 saturated carbocycles. The molecule has 9 nitrogen and oxygen atoms in total. The first-order chi connectivity index (χ1) is 13.1. The van der Waals surface area contributed by atoms with E-state index in [2.05, 4.69) is 15.5 Å². The molecule has 3 rings (SSSR count). The number of thioether (sulfide) groups is 1. The molecule has 1 aromatic carbocycles. The van der Waals surface area contributed by atoms with E-state index in [0.717, 1.165) is 6.42 Å². The van der Waals surface area contributed by atoms with Crippen LogP contribution in [0.1, 0.15) is 13.3 Å². The number of rotatable bonds is 8. The molecule has 3 aromatic rings. The lowest BCUT2D eigenvalue weighted by Gasteiger charge is -2.08. The highest BCUT2D eigenvalue weighted by atomic mass is 32.2. The number of benzene rings is 1. The average Bonchev–Trinajstić information content (AvgIpc) is 3.30. The van der Waals surface area contributed by atoms with Gasteiger partial charge in [-0.05, 0) is 24.6 Å². The Hall–Kier alpha value is -3.14. The zero-order chi connectivity index (χ0) is 19.2. The maximum atomic E-state index is 12.2. The molecule has 2 aromatic heterocycles. The van der Waals surface area contributed by atoms with Crippen LogP contribution >= 0.6 is 11.8 Å². The summed E-state index contributed by atoms with van der Waals surface area (Å²) in [5.74, 6) is 1.04. The molecule has 0 fully saturated rings. The number of nitro groups is 1. The molecule has 27 heavy (non-hydrogen) atoms. The summed E-state index contributed by atoms with van der Waals surface area (Å²) in [6.45, 7) is 2.73. The highest BCUT2D eigenvalue weighted by Crippen LogP contribution is 2.25. The average molecular weight is 387 g/mol. The topological polar surface area (TPSA) is 116 Å². The number of carbonyl (C=O) groups is 1. The molecule has 1 N–H and O–H groups in total. The van der Waals surface area contributed by atoms with Gasteiger partial charge in [-0.15, -0.1) is 10.2 Å². The Balaban J connectivity index is 1.67. The molecule has 1 amide bonds. The van der Waals surface area contributed by atoms with Crippen molar-refractivity contribution >= 4 is 29.0 Å². The van der Waals surface area contributed by atoms with E-state index in [9.17, 15) is 14.9 Å². The number of non-ortho nitro benzene ring substituents is 1. The Labute approximate surface area is 158 Å². The quantitative estimate of drug-likeness (QED) is 0.357. The van der Waals surface area contributed by atoms with E-state index >= 15 is 0 Å². The van der Waals surface area contributed by atoms with E-state index in [-0.39, 0.29) is 17.3 Å². The van der Waals surface area contributed by atoms with Gasteiger partial charge >= 0.3 is 0 Å². The predicted octanol–water partition coefficient (Wildman–Crippen LogP) is 3.59. The zero-order valence-corrected chi connectivity index (χ0v) is 15.3. The van der Waals surface area contributed by atoms with E-state index in [0.29, 0.717) is 29.0 Å². The third kappa shape index (κ3) is 4.53. The van der Waals surface area contributed by atoms with Crippen LogP contribution in [0.25, 0.3) is 11.6 Å². The van der Waals surface area contributed by atoms with Gasteiger partial charge in [-0.1, -0.05) is 24.8 Å². The minimum absolute atomic E-state index is 0.0776. The lowest BCUT2D eigenvalue weighted by molar-refractivity contribution is -0.384. The first-order valence-corrected chi connectivity index (χ1v) is 9.21. The van der Waals surface area contributed by atoms with E-state index in [1.54, 1.807) is 24.5 Å². The number of hydrogen-bond acceptors (Lipinski definition) is 7. The summed E-state index contributed by atoms with van der Waals surface area (Å²) in [6, 6.07) is 9.39. The second kappa shape index (κ2) is 8.49. The van der Waals surface area contributed by atoms with Gasteiger partial charge in [0.25, 0.3) is 5.69 Å². The number of hydrogen-bond donors (Lipinski definition) is 1. The molecule has 0 aliphatic carbocycles. The summed E-state index contributed by atoms with van der Waals surface area (Å²) in [4.78, 5) is 22.5. The molecule has 0 saturated heterocycles. The number of anilines is 1. The summed E-state index contributed by atoms with van der Waals surface area (Å²) < 4.78 is 7.29. The number of amides is 1. The number of aromatic nitrogens is 3. The molecule has 0 unspecified atom stereocenters. The lowest BCUT2D eigenvalue weighted by Crippen LogP contribution is -2.14. The van der Waals surface area contributed by atoms with Crippen molar-refractivity contribution in [1.29, 1.82) is 0 Å². The van der Waals surface area contributed by atoms with Crippen molar-refractivity contribution in [2.75, 3.05) is 11.1 Å². The van der Waals surface area contributed by atoms with Crippen molar-refractivity contribution in [3.63, 3.8) is 0 Å². The van der Waals surface area contributed by atoms with Gasteiger partial charge in [0.05, 0.1) is 16.9 Å². The van der Waals surface area contributed by atoms with Crippen LogP contribution in [0.3, 0.4) is 0 Å². The molecule has 0 radical (unpaired) electrons. The van der Waals surface area contributed by atoms with Gasteiger partial charge in [0, 0.05) is 24.4 Å². The summed E-state index contributed by atoms with van der Waals surface area (Å²) in [5.41, 5.74) is 0.298. The summed E-state index contributed by atoms with van der Waals surface area (Å²) in [5, 5.41) is 22.4. The van der Waals surface area contributed by atoms with Gasteiger partial charge in [0.15, 0.2) is 16.7 Å². The first kappa shape index (κ1) is 18.6. The molecule has 0 atom stereocenters. The van der Waals surface area contributed by atoms with Crippen molar-refractivity contribution < 1.29 is 14.1 Å². The summed E-state index contributed by atoms with van der Waals surface area (Å²) >= 11 is 1.24. The lowest BCUT2D eigenvalue weighted by atomic mass is 10.3. The van der Waals surface area contributed by atoms with Crippen molar-refractivity contribution in [2.24, 2.45) is 0 Å². The first-order valence-electron chi connectivity index (χ1n) is 8.22. The SMILES string of the molecule is CCCn1c(SCC(=O)Nc2cccc([N+](=O)[O-])c2)nnc1-c1ccco1.